The number of thioether (sulfide) groups is 1. The molecule has 5 heteroatoms. The first-order chi connectivity index (χ1) is 7.15. The predicted octanol–water partition coefficient (Wildman–Crippen LogP) is 2.30. The van der Waals surface area contributed by atoms with Crippen molar-refractivity contribution in [1.29, 1.82) is 0 Å². The molecule has 15 heavy (non-hydrogen) atoms. The van der Waals surface area contributed by atoms with E-state index in [2.05, 4.69) is 23.5 Å². The molecule has 0 amide bonds. The zero-order valence-electron chi connectivity index (χ0n) is 9.46. The molecule has 0 aliphatic heterocycles. The summed E-state index contributed by atoms with van der Waals surface area (Å²) < 4.78 is 1.90. The van der Waals surface area contributed by atoms with Gasteiger partial charge in [-0.05, 0) is 19.2 Å². The van der Waals surface area contributed by atoms with Gasteiger partial charge in [-0.25, -0.2) is 4.98 Å². The third-order valence-corrected chi connectivity index (χ3v) is 3.83. The SMILES string of the molecule is CSC(C)CCNCc1ncc(Cl)n1C. The fourth-order valence-corrected chi connectivity index (χ4v) is 1.71. The minimum atomic E-state index is 0.685. The monoisotopic (exact) mass is 247 g/mol. The number of rotatable bonds is 6. The number of aromatic nitrogens is 2. The second-order valence-electron chi connectivity index (χ2n) is 3.57. The molecule has 0 aliphatic carbocycles. The van der Waals surface area contributed by atoms with E-state index in [0.29, 0.717) is 10.4 Å². The van der Waals surface area contributed by atoms with Crippen molar-refractivity contribution in [3.63, 3.8) is 0 Å². The van der Waals surface area contributed by atoms with Gasteiger partial charge in [0.05, 0.1) is 12.7 Å². The predicted molar refractivity (Wildman–Crippen MR) is 67.5 cm³/mol. The van der Waals surface area contributed by atoms with Gasteiger partial charge in [0, 0.05) is 12.3 Å². The van der Waals surface area contributed by atoms with Crippen molar-refractivity contribution < 1.29 is 0 Å². The normalized spacial score (nSPS) is 13.1. The highest BCUT2D eigenvalue weighted by atomic mass is 35.5. The summed E-state index contributed by atoms with van der Waals surface area (Å²) in [5.74, 6) is 0.983. The van der Waals surface area contributed by atoms with Crippen LogP contribution in [0.5, 0.6) is 0 Å². The van der Waals surface area contributed by atoms with Crippen LogP contribution in [0.15, 0.2) is 6.20 Å². The van der Waals surface area contributed by atoms with Gasteiger partial charge in [-0.2, -0.15) is 11.8 Å². The molecule has 1 aromatic rings. The summed E-state index contributed by atoms with van der Waals surface area (Å²) in [6.45, 7) is 4.04. The lowest BCUT2D eigenvalue weighted by atomic mass is 10.3. The van der Waals surface area contributed by atoms with E-state index in [1.165, 1.54) is 6.42 Å². The fraction of sp³-hybridized carbons (Fsp3) is 0.700. The van der Waals surface area contributed by atoms with Crippen LogP contribution < -0.4 is 5.32 Å². The number of imidazole rings is 1. The van der Waals surface area contributed by atoms with Crippen LogP contribution >= 0.6 is 23.4 Å². The maximum absolute atomic E-state index is 5.88. The highest BCUT2D eigenvalue weighted by molar-refractivity contribution is 7.99. The van der Waals surface area contributed by atoms with Gasteiger partial charge in [-0.3, -0.25) is 0 Å². The third-order valence-electron chi connectivity index (χ3n) is 2.44. The van der Waals surface area contributed by atoms with Crippen LogP contribution in [-0.2, 0) is 13.6 Å². The first-order valence-corrected chi connectivity index (χ1v) is 6.71. The van der Waals surface area contributed by atoms with E-state index >= 15 is 0 Å². The summed E-state index contributed by atoms with van der Waals surface area (Å²) >= 11 is 7.78. The van der Waals surface area contributed by atoms with E-state index in [-0.39, 0.29) is 0 Å². The molecular weight excluding hydrogens is 230 g/mol. The average molecular weight is 248 g/mol. The van der Waals surface area contributed by atoms with Crippen molar-refractivity contribution in [2.24, 2.45) is 7.05 Å². The largest absolute Gasteiger partial charge is 0.321 e. The van der Waals surface area contributed by atoms with E-state index in [9.17, 15) is 0 Å². The number of nitrogens with one attached hydrogen (secondary N) is 1. The Labute approximate surface area is 101 Å². The Morgan fingerprint density at radius 3 is 2.93 bits per heavy atom. The minimum Gasteiger partial charge on any atom is -0.321 e. The number of hydrogen-bond donors (Lipinski definition) is 1. The zero-order valence-corrected chi connectivity index (χ0v) is 11.0. The van der Waals surface area contributed by atoms with E-state index < -0.39 is 0 Å². The molecule has 1 aromatic heterocycles. The van der Waals surface area contributed by atoms with Crippen LogP contribution in [0.1, 0.15) is 19.2 Å². The van der Waals surface area contributed by atoms with Crippen LogP contribution in [0.25, 0.3) is 0 Å². The van der Waals surface area contributed by atoms with Crippen LogP contribution in [0.2, 0.25) is 5.15 Å². The zero-order chi connectivity index (χ0) is 11.3. The number of nitrogens with zero attached hydrogens (tertiary/aromatic N) is 2. The van der Waals surface area contributed by atoms with Crippen LogP contribution in [0.3, 0.4) is 0 Å². The molecule has 3 nitrogen and oxygen atoms in total. The quantitative estimate of drug-likeness (QED) is 0.783. The van der Waals surface area contributed by atoms with Gasteiger partial charge < -0.3 is 9.88 Å². The van der Waals surface area contributed by atoms with Crippen LogP contribution in [0, 0.1) is 0 Å². The molecule has 0 saturated carbocycles. The lowest BCUT2D eigenvalue weighted by Crippen LogP contribution is -2.19. The Bertz CT molecular complexity index is 301. The molecule has 1 N–H and O–H groups in total. The Kier molecular flexibility index (Phi) is 5.50. The molecule has 0 radical (unpaired) electrons. The molecule has 0 aliphatic rings. The standard InChI is InChI=1S/C10H18ClN3S/c1-8(15-3)4-5-12-7-10-13-6-9(11)14(10)2/h6,8,12H,4-5,7H2,1-3H3. The second kappa shape index (κ2) is 6.40. The lowest BCUT2D eigenvalue weighted by Gasteiger charge is -2.09. The molecule has 86 valence electrons. The molecule has 1 atom stereocenters. The molecular formula is C10H18ClN3S. The molecule has 0 fully saturated rings. The highest BCUT2D eigenvalue weighted by Gasteiger charge is 2.03. The maximum Gasteiger partial charge on any atom is 0.128 e. The molecule has 1 heterocycles. The van der Waals surface area contributed by atoms with Gasteiger partial charge in [-0.1, -0.05) is 18.5 Å². The Hall–Kier alpha value is -0.190. The van der Waals surface area contributed by atoms with Crippen molar-refractivity contribution >= 4 is 23.4 Å². The molecule has 0 bridgehead atoms. The summed E-state index contributed by atoms with van der Waals surface area (Å²) in [5.41, 5.74) is 0. The van der Waals surface area contributed by atoms with E-state index in [4.69, 9.17) is 11.6 Å². The van der Waals surface area contributed by atoms with Gasteiger partial charge in [0.1, 0.15) is 11.0 Å². The Balaban J connectivity index is 2.23. The lowest BCUT2D eigenvalue weighted by molar-refractivity contribution is 0.613. The molecule has 0 spiro atoms. The van der Waals surface area contributed by atoms with Gasteiger partial charge in [-0.15, -0.1) is 0 Å². The minimum absolute atomic E-state index is 0.685. The van der Waals surface area contributed by atoms with Crippen molar-refractivity contribution in [2.75, 3.05) is 12.8 Å². The van der Waals surface area contributed by atoms with Gasteiger partial charge >= 0.3 is 0 Å². The molecule has 1 unspecified atom stereocenters. The van der Waals surface area contributed by atoms with Gasteiger partial charge in [0.15, 0.2) is 0 Å². The fourth-order valence-electron chi connectivity index (χ4n) is 1.21. The van der Waals surface area contributed by atoms with Crippen molar-refractivity contribution in [3.8, 4) is 0 Å². The van der Waals surface area contributed by atoms with Gasteiger partial charge in [0.2, 0.25) is 0 Å². The smallest absolute Gasteiger partial charge is 0.128 e. The summed E-state index contributed by atoms with van der Waals surface area (Å²) in [5, 5.41) is 4.76. The second-order valence-corrected chi connectivity index (χ2v) is 5.23. The summed E-state index contributed by atoms with van der Waals surface area (Å²) in [7, 11) is 1.93. The first kappa shape index (κ1) is 12.9. The van der Waals surface area contributed by atoms with Gasteiger partial charge in [0.25, 0.3) is 0 Å². The summed E-state index contributed by atoms with van der Waals surface area (Å²) in [4.78, 5) is 4.22. The summed E-state index contributed by atoms with van der Waals surface area (Å²) in [6, 6.07) is 0. The van der Waals surface area contributed by atoms with Crippen molar-refractivity contribution in [2.45, 2.75) is 25.1 Å². The Morgan fingerprint density at radius 2 is 2.40 bits per heavy atom. The maximum atomic E-state index is 5.88. The first-order valence-electron chi connectivity index (χ1n) is 5.04. The number of hydrogen-bond acceptors (Lipinski definition) is 3. The van der Waals surface area contributed by atoms with Crippen LogP contribution in [0.4, 0.5) is 0 Å². The van der Waals surface area contributed by atoms with E-state index in [1.807, 2.05) is 23.4 Å². The number of halogens is 1. The van der Waals surface area contributed by atoms with E-state index in [1.54, 1.807) is 6.20 Å². The van der Waals surface area contributed by atoms with Crippen LogP contribution in [-0.4, -0.2) is 27.6 Å². The Morgan fingerprint density at radius 1 is 1.67 bits per heavy atom. The van der Waals surface area contributed by atoms with E-state index in [0.717, 1.165) is 18.9 Å². The third kappa shape index (κ3) is 4.05. The summed E-state index contributed by atoms with van der Waals surface area (Å²) in [6.07, 6.45) is 5.01. The van der Waals surface area contributed by atoms with Crippen molar-refractivity contribution in [3.05, 3.63) is 17.2 Å². The average Bonchev–Trinajstić information content (AvgIpc) is 2.55. The topological polar surface area (TPSA) is 29.9 Å². The highest BCUT2D eigenvalue weighted by Crippen LogP contribution is 2.10. The van der Waals surface area contributed by atoms with Crippen molar-refractivity contribution in [1.82, 2.24) is 14.9 Å². The molecule has 0 saturated heterocycles. The molecule has 0 aromatic carbocycles. The molecule has 1 rings (SSSR count).